The molecule has 0 saturated carbocycles. The van der Waals surface area contributed by atoms with Gasteiger partial charge in [-0.1, -0.05) is 24.3 Å². The van der Waals surface area contributed by atoms with Gasteiger partial charge < -0.3 is 4.90 Å². The molecule has 0 fully saturated rings. The lowest BCUT2D eigenvalue weighted by molar-refractivity contribution is -0.124. The van der Waals surface area contributed by atoms with Gasteiger partial charge in [0.1, 0.15) is 6.04 Å². The number of hydrogen-bond acceptors (Lipinski definition) is 5. The van der Waals surface area contributed by atoms with Crippen LogP contribution >= 0.6 is 11.3 Å². The third-order valence-corrected chi connectivity index (χ3v) is 4.52. The highest BCUT2D eigenvalue weighted by Gasteiger charge is 2.31. The molecule has 1 N–H and O–H groups in total. The summed E-state index contributed by atoms with van der Waals surface area (Å²) in [5.41, 5.74) is 3.53. The van der Waals surface area contributed by atoms with Crippen LogP contribution in [0.5, 0.6) is 0 Å². The van der Waals surface area contributed by atoms with E-state index in [1.807, 2.05) is 35.7 Å². The first-order valence-electron chi connectivity index (χ1n) is 7.57. The van der Waals surface area contributed by atoms with Crippen LogP contribution in [0.3, 0.4) is 0 Å². The van der Waals surface area contributed by atoms with Crippen molar-refractivity contribution in [1.29, 1.82) is 0 Å². The summed E-state index contributed by atoms with van der Waals surface area (Å²) in [6.45, 7) is 2.19. The maximum absolute atomic E-state index is 12.7. The molecule has 1 aromatic carbocycles. The minimum atomic E-state index is -0.611. The van der Waals surface area contributed by atoms with Crippen molar-refractivity contribution in [2.45, 2.75) is 19.5 Å². The third kappa shape index (κ3) is 3.30. The Kier molecular flexibility index (Phi) is 4.61. The van der Waals surface area contributed by atoms with Crippen LogP contribution < -0.4 is 10.4 Å². The highest BCUT2D eigenvalue weighted by molar-refractivity contribution is 7.09. The van der Waals surface area contributed by atoms with Crippen LogP contribution in [0.2, 0.25) is 0 Å². The topological polar surface area (TPSA) is 65.0 Å². The molecule has 0 spiro atoms. The average molecular weight is 342 g/mol. The largest absolute Gasteiger partial charge is 0.334 e. The van der Waals surface area contributed by atoms with Gasteiger partial charge in [0.2, 0.25) is 5.84 Å². The maximum Gasteiger partial charge on any atom is 0.290 e. The Morgan fingerprint density at radius 3 is 2.71 bits per heavy atom. The molecule has 0 radical (unpaired) electrons. The van der Waals surface area contributed by atoms with E-state index < -0.39 is 6.04 Å². The number of benzene rings is 1. The summed E-state index contributed by atoms with van der Waals surface area (Å²) < 4.78 is 0. The minimum absolute atomic E-state index is 0.171. The number of amides is 2. The normalized spacial score (nSPS) is 17.2. The quantitative estimate of drug-likeness (QED) is 0.925. The molecule has 0 saturated heterocycles. The van der Waals surface area contributed by atoms with Crippen molar-refractivity contribution in [3.8, 4) is 0 Å². The molecule has 0 bridgehead atoms. The van der Waals surface area contributed by atoms with E-state index in [2.05, 4.69) is 10.4 Å². The van der Waals surface area contributed by atoms with E-state index >= 15 is 0 Å². The molecule has 1 aromatic heterocycles. The zero-order valence-corrected chi connectivity index (χ0v) is 14.3. The summed E-state index contributed by atoms with van der Waals surface area (Å²) in [5, 5.41) is 3.35. The highest BCUT2D eigenvalue weighted by atomic mass is 32.1. The van der Waals surface area contributed by atoms with Crippen molar-refractivity contribution in [2.75, 3.05) is 12.1 Å². The molecule has 1 atom stereocenters. The van der Waals surface area contributed by atoms with E-state index in [1.165, 1.54) is 5.01 Å². The second kappa shape index (κ2) is 6.84. The maximum atomic E-state index is 12.7. The van der Waals surface area contributed by atoms with Crippen molar-refractivity contribution >= 4 is 34.7 Å². The molecule has 2 aromatic rings. The van der Waals surface area contributed by atoms with Crippen LogP contribution in [0.4, 0.5) is 5.69 Å². The number of hydrazine groups is 1. The monoisotopic (exact) mass is 342 g/mol. The smallest absolute Gasteiger partial charge is 0.290 e. The number of nitrogens with one attached hydrogen (secondary N) is 1. The Bertz CT molecular complexity index is 758. The number of rotatable bonds is 4. The van der Waals surface area contributed by atoms with Gasteiger partial charge in [-0.2, -0.15) is 0 Å². The van der Waals surface area contributed by atoms with Gasteiger partial charge in [0, 0.05) is 11.9 Å². The Balaban J connectivity index is 1.78. The van der Waals surface area contributed by atoms with E-state index in [0.717, 1.165) is 4.88 Å². The first-order valence-corrected chi connectivity index (χ1v) is 8.45. The third-order valence-electron chi connectivity index (χ3n) is 3.66. The highest BCUT2D eigenvalue weighted by Crippen LogP contribution is 2.17. The minimum Gasteiger partial charge on any atom is -0.334 e. The molecule has 1 aliphatic heterocycles. The molecular weight excluding hydrogens is 324 g/mol. The molecule has 2 heterocycles. The molecular formula is C17H18N4O2S. The van der Waals surface area contributed by atoms with Crippen LogP contribution in [-0.4, -0.2) is 35.6 Å². The summed E-state index contributed by atoms with van der Waals surface area (Å²) in [5.74, 6) is -0.271. The van der Waals surface area contributed by atoms with E-state index in [0.29, 0.717) is 12.2 Å². The van der Waals surface area contributed by atoms with Crippen molar-refractivity contribution in [2.24, 2.45) is 4.99 Å². The lowest BCUT2D eigenvalue weighted by Crippen LogP contribution is -2.58. The Morgan fingerprint density at radius 1 is 1.29 bits per heavy atom. The van der Waals surface area contributed by atoms with Crippen molar-refractivity contribution in [3.63, 3.8) is 0 Å². The predicted octanol–water partition coefficient (Wildman–Crippen LogP) is 2.04. The Hall–Kier alpha value is -2.67. The Labute approximate surface area is 144 Å². The van der Waals surface area contributed by atoms with Gasteiger partial charge in [0.25, 0.3) is 11.8 Å². The average Bonchev–Trinajstić information content (AvgIpc) is 3.10. The zero-order chi connectivity index (χ0) is 17.1. The molecule has 1 unspecified atom stereocenters. The number of thiophene rings is 1. The first-order chi connectivity index (χ1) is 11.6. The fourth-order valence-electron chi connectivity index (χ4n) is 2.39. The fourth-order valence-corrected chi connectivity index (χ4v) is 3.14. The van der Waals surface area contributed by atoms with E-state index in [1.54, 1.807) is 42.3 Å². The lowest BCUT2D eigenvalue weighted by atomic mass is 10.2. The van der Waals surface area contributed by atoms with Crippen molar-refractivity contribution in [3.05, 3.63) is 52.7 Å². The summed E-state index contributed by atoms with van der Waals surface area (Å²) in [7, 11) is 1.72. The number of nitrogens with zero attached hydrogens (tertiary/aromatic N) is 3. The van der Waals surface area contributed by atoms with Gasteiger partial charge in [-0.3, -0.25) is 15.0 Å². The molecule has 124 valence electrons. The number of amidine groups is 1. The second-order valence-electron chi connectivity index (χ2n) is 5.52. The molecule has 7 heteroatoms. The van der Waals surface area contributed by atoms with Gasteiger partial charge in [-0.25, -0.2) is 10.0 Å². The lowest BCUT2D eigenvalue weighted by Gasteiger charge is -2.31. The second-order valence-corrected chi connectivity index (χ2v) is 6.55. The number of hydrogen-bond donors (Lipinski definition) is 1. The fraction of sp³-hybridized carbons (Fsp3) is 0.235. The van der Waals surface area contributed by atoms with E-state index in [4.69, 9.17) is 0 Å². The molecule has 3 rings (SSSR count). The summed E-state index contributed by atoms with van der Waals surface area (Å²) >= 11 is 1.59. The number of aliphatic imine (C=N–C) groups is 1. The van der Waals surface area contributed by atoms with Crippen LogP contribution in [0.25, 0.3) is 0 Å². The van der Waals surface area contributed by atoms with Gasteiger partial charge in [-0.05, 0) is 30.5 Å². The Morgan fingerprint density at radius 2 is 2.04 bits per heavy atom. The van der Waals surface area contributed by atoms with Crippen LogP contribution in [-0.2, 0) is 16.1 Å². The van der Waals surface area contributed by atoms with Crippen molar-refractivity contribution < 1.29 is 9.59 Å². The molecule has 0 aliphatic carbocycles. The summed E-state index contributed by atoms with van der Waals surface area (Å²) in [6, 6.07) is 12.5. The van der Waals surface area contributed by atoms with Crippen molar-refractivity contribution in [1.82, 2.24) is 10.3 Å². The number of likely N-dealkylation sites (N-methyl/N-ethyl adjacent to an activating group) is 1. The number of carbonyl (C=O) groups excluding carboxylic acids is 2. The molecule has 2 amide bonds. The van der Waals surface area contributed by atoms with Gasteiger partial charge in [0.15, 0.2) is 0 Å². The first kappa shape index (κ1) is 16.2. The molecule has 1 aliphatic rings. The van der Waals surface area contributed by atoms with Gasteiger partial charge >= 0.3 is 0 Å². The molecule has 24 heavy (non-hydrogen) atoms. The SMILES string of the molecule is CC1N=C(C(=O)N(C)Cc2cccs2)NN(c2ccccc2)C1=O. The van der Waals surface area contributed by atoms with Crippen LogP contribution in [0.15, 0.2) is 52.8 Å². The zero-order valence-electron chi connectivity index (χ0n) is 13.5. The van der Waals surface area contributed by atoms with Gasteiger partial charge in [0.05, 0.1) is 12.2 Å². The van der Waals surface area contributed by atoms with E-state index in [9.17, 15) is 9.59 Å². The molecule has 6 nitrogen and oxygen atoms in total. The number of carbonyl (C=O) groups is 2. The van der Waals surface area contributed by atoms with E-state index in [-0.39, 0.29) is 17.6 Å². The summed E-state index contributed by atoms with van der Waals surface area (Å²) in [6.07, 6.45) is 0. The van der Waals surface area contributed by atoms with Gasteiger partial charge in [-0.15, -0.1) is 11.3 Å². The van der Waals surface area contributed by atoms with Crippen LogP contribution in [0.1, 0.15) is 11.8 Å². The van der Waals surface area contributed by atoms with Crippen LogP contribution in [0, 0.1) is 0 Å². The number of anilines is 1. The standard InChI is InChI=1S/C17H18N4O2S/c1-12-16(22)21(13-7-4-3-5-8-13)19-15(18-12)17(23)20(2)11-14-9-6-10-24-14/h3-10,12H,11H2,1-2H3,(H,18,19). The summed E-state index contributed by atoms with van der Waals surface area (Å²) in [4.78, 5) is 31.9. The predicted molar refractivity (Wildman–Crippen MR) is 94.8 cm³/mol. The number of para-hydroxylation sites is 1.